The number of hydrogen-bond donors (Lipinski definition) is 1. The molecule has 4 rings (SSSR count). The summed E-state index contributed by atoms with van der Waals surface area (Å²) < 4.78 is 8.25. The van der Waals surface area contributed by atoms with Crippen molar-refractivity contribution < 1.29 is 9.21 Å². The van der Waals surface area contributed by atoms with E-state index >= 15 is 0 Å². The fourth-order valence-electron chi connectivity index (χ4n) is 2.90. The number of pyridine rings is 1. The number of halogens is 1. The predicted octanol–water partition coefficient (Wildman–Crippen LogP) is 4.37. The predicted molar refractivity (Wildman–Crippen MR) is 103 cm³/mol. The molecule has 0 fully saturated rings. The lowest BCUT2D eigenvalue weighted by molar-refractivity contribution is 0.0942. The standard InChI is InChI=1S/C20H16BrN3O2/c21-19-11-16-18(26-19)10-17(24(16)13-14-6-2-1-3-7-14)20(25)23-12-15-8-4-5-9-22-15/h1-11H,12-13H2,(H,23,25). The van der Waals surface area contributed by atoms with Crippen molar-refractivity contribution >= 4 is 32.9 Å². The van der Waals surface area contributed by atoms with Crippen molar-refractivity contribution in [2.75, 3.05) is 0 Å². The minimum absolute atomic E-state index is 0.158. The van der Waals surface area contributed by atoms with Crippen molar-refractivity contribution in [2.45, 2.75) is 13.1 Å². The van der Waals surface area contributed by atoms with E-state index in [1.165, 1.54) is 0 Å². The van der Waals surface area contributed by atoms with Crippen LogP contribution in [0.3, 0.4) is 0 Å². The Hall–Kier alpha value is -2.86. The van der Waals surface area contributed by atoms with Crippen molar-refractivity contribution in [1.29, 1.82) is 0 Å². The van der Waals surface area contributed by atoms with Gasteiger partial charge in [0.15, 0.2) is 10.3 Å². The van der Waals surface area contributed by atoms with Gasteiger partial charge in [-0.15, -0.1) is 0 Å². The van der Waals surface area contributed by atoms with E-state index in [4.69, 9.17) is 4.42 Å². The van der Waals surface area contributed by atoms with Crippen molar-refractivity contribution in [3.63, 3.8) is 0 Å². The van der Waals surface area contributed by atoms with E-state index in [2.05, 4.69) is 26.2 Å². The fraction of sp³-hybridized carbons (Fsp3) is 0.100. The van der Waals surface area contributed by atoms with Gasteiger partial charge in [-0.1, -0.05) is 36.4 Å². The molecule has 0 unspecified atom stereocenters. The lowest BCUT2D eigenvalue weighted by Crippen LogP contribution is -2.26. The number of nitrogens with zero attached hydrogens (tertiary/aromatic N) is 2. The number of nitrogens with one attached hydrogen (secondary N) is 1. The molecule has 5 nitrogen and oxygen atoms in total. The number of amides is 1. The smallest absolute Gasteiger partial charge is 0.268 e. The second kappa shape index (κ2) is 7.17. The first-order valence-electron chi connectivity index (χ1n) is 8.21. The average Bonchev–Trinajstić information content (AvgIpc) is 3.19. The fourth-order valence-corrected chi connectivity index (χ4v) is 3.29. The van der Waals surface area contributed by atoms with E-state index in [1.807, 2.05) is 59.2 Å². The van der Waals surface area contributed by atoms with Gasteiger partial charge in [-0.2, -0.15) is 0 Å². The quantitative estimate of drug-likeness (QED) is 0.532. The summed E-state index contributed by atoms with van der Waals surface area (Å²) in [7, 11) is 0. The monoisotopic (exact) mass is 409 g/mol. The molecule has 3 aromatic heterocycles. The highest BCUT2D eigenvalue weighted by atomic mass is 79.9. The number of hydrogen-bond acceptors (Lipinski definition) is 3. The average molecular weight is 410 g/mol. The van der Waals surface area contributed by atoms with E-state index in [0.717, 1.165) is 16.8 Å². The van der Waals surface area contributed by atoms with Crippen LogP contribution in [0.1, 0.15) is 21.7 Å². The molecule has 0 spiro atoms. The largest absolute Gasteiger partial charge is 0.448 e. The van der Waals surface area contributed by atoms with Crippen LogP contribution in [0, 0.1) is 0 Å². The van der Waals surface area contributed by atoms with Crippen LogP contribution in [0.2, 0.25) is 0 Å². The van der Waals surface area contributed by atoms with Crippen molar-refractivity contribution in [3.05, 3.63) is 88.5 Å². The summed E-state index contributed by atoms with van der Waals surface area (Å²) in [4.78, 5) is 17.0. The van der Waals surface area contributed by atoms with E-state index < -0.39 is 0 Å². The first kappa shape index (κ1) is 16.6. The van der Waals surface area contributed by atoms with Gasteiger partial charge in [-0.05, 0) is 33.6 Å². The molecule has 0 aliphatic heterocycles. The van der Waals surface area contributed by atoms with E-state index in [1.54, 1.807) is 12.3 Å². The molecular formula is C20H16BrN3O2. The highest BCUT2D eigenvalue weighted by molar-refractivity contribution is 9.10. The molecule has 0 bridgehead atoms. The van der Waals surface area contributed by atoms with E-state index in [-0.39, 0.29) is 5.91 Å². The van der Waals surface area contributed by atoms with Crippen LogP contribution in [0.4, 0.5) is 0 Å². The number of furan rings is 1. The number of aromatic nitrogens is 2. The van der Waals surface area contributed by atoms with E-state index in [9.17, 15) is 4.79 Å². The van der Waals surface area contributed by atoms with Crippen LogP contribution in [0.15, 0.2) is 75.9 Å². The van der Waals surface area contributed by atoms with Crippen LogP contribution >= 0.6 is 15.9 Å². The Kier molecular flexibility index (Phi) is 4.58. The normalized spacial score (nSPS) is 11.0. The SMILES string of the molecule is O=C(NCc1ccccn1)c1cc2oc(Br)cc2n1Cc1ccccc1. The lowest BCUT2D eigenvalue weighted by atomic mass is 10.2. The minimum Gasteiger partial charge on any atom is -0.448 e. The second-order valence-corrected chi connectivity index (χ2v) is 6.69. The van der Waals surface area contributed by atoms with Gasteiger partial charge >= 0.3 is 0 Å². The number of carbonyl (C=O) groups is 1. The molecule has 1 amide bonds. The molecule has 0 aliphatic carbocycles. The molecule has 0 saturated carbocycles. The molecule has 4 aromatic rings. The van der Waals surface area contributed by atoms with Crippen molar-refractivity contribution in [2.24, 2.45) is 0 Å². The first-order valence-corrected chi connectivity index (χ1v) is 9.00. The molecule has 6 heteroatoms. The Morgan fingerprint density at radius 3 is 2.69 bits per heavy atom. The van der Waals surface area contributed by atoms with Crippen LogP contribution in [0.5, 0.6) is 0 Å². The van der Waals surface area contributed by atoms with Crippen LogP contribution < -0.4 is 5.32 Å². The summed E-state index contributed by atoms with van der Waals surface area (Å²) in [6.07, 6.45) is 1.71. The topological polar surface area (TPSA) is 60.1 Å². The Morgan fingerprint density at radius 1 is 1.12 bits per heavy atom. The highest BCUT2D eigenvalue weighted by Crippen LogP contribution is 2.28. The van der Waals surface area contributed by atoms with Crippen molar-refractivity contribution in [1.82, 2.24) is 14.9 Å². The Morgan fingerprint density at radius 2 is 1.92 bits per heavy atom. The highest BCUT2D eigenvalue weighted by Gasteiger charge is 2.19. The molecule has 130 valence electrons. The third-order valence-electron chi connectivity index (χ3n) is 4.13. The van der Waals surface area contributed by atoms with Gasteiger partial charge < -0.3 is 14.3 Å². The Labute approximate surface area is 158 Å². The van der Waals surface area contributed by atoms with Gasteiger partial charge in [-0.3, -0.25) is 9.78 Å². The third kappa shape index (κ3) is 3.41. The molecule has 0 atom stereocenters. The Balaban J connectivity index is 1.64. The van der Waals surface area contributed by atoms with Gasteiger partial charge in [0.25, 0.3) is 5.91 Å². The maximum Gasteiger partial charge on any atom is 0.268 e. The van der Waals surface area contributed by atoms with Crippen LogP contribution in [0.25, 0.3) is 11.1 Å². The zero-order valence-electron chi connectivity index (χ0n) is 13.9. The summed E-state index contributed by atoms with van der Waals surface area (Å²) in [5, 5.41) is 2.93. The van der Waals surface area contributed by atoms with Gasteiger partial charge in [0.1, 0.15) is 5.69 Å². The summed E-state index contributed by atoms with van der Waals surface area (Å²) in [5.41, 5.74) is 4.04. The zero-order chi connectivity index (χ0) is 17.9. The Bertz CT molecular complexity index is 1040. The van der Waals surface area contributed by atoms with Crippen molar-refractivity contribution in [3.8, 4) is 0 Å². The maximum atomic E-state index is 12.8. The molecule has 0 aliphatic rings. The van der Waals surface area contributed by atoms with Gasteiger partial charge in [0.2, 0.25) is 0 Å². The molecule has 0 saturated heterocycles. The number of carbonyl (C=O) groups excluding carboxylic acids is 1. The first-order chi connectivity index (χ1) is 12.7. The number of benzene rings is 1. The molecule has 3 heterocycles. The summed E-state index contributed by atoms with van der Waals surface area (Å²) in [5.74, 6) is -0.158. The third-order valence-corrected chi connectivity index (χ3v) is 4.52. The van der Waals surface area contributed by atoms with E-state index in [0.29, 0.717) is 29.0 Å². The van der Waals surface area contributed by atoms with Gasteiger partial charge in [-0.25, -0.2) is 0 Å². The molecule has 26 heavy (non-hydrogen) atoms. The second-order valence-electron chi connectivity index (χ2n) is 5.91. The molecule has 0 radical (unpaired) electrons. The molecule has 1 aromatic carbocycles. The number of fused-ring (bicyclic) bond motifs is 1. The molecule has 1 N–H and O–H groups in total. The van der Waals surface area contributed by atoms with Gasteiger partial charge in [0.05, 0.1) is 17.8 Å². The zero-order valence-corrected chi connectivity index (χ0v) is 15.4. The van der Waals surface area contributed by atoms with Gasteiger partial charge in [0, 0.05) is 24.9 Å². The maximum absolute atomic E-state index is 12.8. The summed E-state index contributed by atoms with van der Waals surface area (Å²) in [6, 6.07) is 19.3. The summed E-state index contributed by atoms with van der Waals surface area (Å²) in [6.45, 7) is 0.962. The minimum atomic E-state index is -0.158. The molecular weight excluding hydrogens is 394 g/mol. The number of rotatable bonds is 5. The van der Waals surface area contributed by atoms with Crippen LogP contribution in [-0.2, 0) is 13.1 Å². The lowest BCUT2D eigenvalue weighted by Gasteiger charge is -2.10. The van der Waals surface area contributed by atoms with Crippen LogP contribution in [-0.4, -0.2) is 15.5 Å². The summed E-state index contributed by atoms with van der Waals surface area (Å²) >= 11 is 3.36.